The summed E-state index contributed by atoms with van der Waals surface area (Å²) in [7, 11) is -3.45. The van der Waals surface area contributed by atoms with Crippen molar-refractivity contribution in [3.63, 3.8) is 0 Å². The minimum absolute atomic E-state index is 0.0450. The summed E-state index contributed by atoms with van der Waals surface area (Å²) in [4.78, 5) is 11.7. The van der Waals surface area contributed by atoms with Gasteiger partial charge in [0.05, 0.1) is 5.75 Å². The molecule has 1 aromatic carbocycles. The van der Waals surface area contributed by atoms with Gasteiger partial charge in [-0.25, -0.2) is 8.42 Å². The number of hydrogen-bond donors (Lipinski definition) is 2. The molecule has 2 rings (SSSR count). The molecular weight excluding hydrogens is 344 g/mol. The Kier molecular flexibility index (Phi) is 5.17. The molecule has 1 aliphatic rings. The number of nitrogens with one attached hydrogen (secondary N) is 2. The maximum absolute atomic E-state index is 12.0. The maximum Gasteiger partial charge on any atom is 0.235 e. The van der Waals surface area contributed by atoms with Crippen LogP contribution in [-0.2, 0) is 20.4 Å². The third-order valence-electron chi connectivity index (χ3n) is 3.05. The highest BCUT2D eigenvalue weighted by Crippen LogP contribution is 2.14. The summed E-state index contributed by atoms with van der Waals surface area (Å²) in [5.74, 6) is -1.01. The van der Waals surface area contributed by atoms with Crippen LogP contribution in [0.15, 0.2) is 28.7 Å². The Morgan fingerprint density at radius 3 is 2.90 bits per heavy atom. The van der Waals surface area contributed by atoms with Crippen molar-refractivity contribution in [2.45, 2.75) is 18.2 Å². The third kappa shape index (κ3) is 4.88. The van der Waals surface area contributed by atoms with Crippen LogP contribution in [0.25, 0.3) is 0 Å². The minimum Gasteiger partial charge on any atom is -0.351 e. The van der Waals surface area contributed by atoms with Crippen molar-refractivity contribution < 1.29 is 13.2 Å². The van der Waals surface area contributed by atoms with Gasteiger partial charge >= 0.3 is 0 Å². The molecule has 0 bridgehead atoms. The van der Waals surface area contributed by atoms with Crippen molar-refractivity contribution in [2.24, 2.45) is 0 Å². The SMILES string of the molecule is O=C(CS(=O)(=O)Cc1cccc(Br)c1)NC1CCNC1. The van der Waals surface area contributed by atoms with Crippen LogP contribution in [0, 0.1) is 0 Å². The van der Waals surface area contributed by atoms with Gasteiger partial charge in [-0.3, -0.25) is 4.79 Å². The van der Waals surface area contributed by atoms with E-state index in [4.69, 9.17) is 0 Å². The molecule has 2 N–H and O–H groups in total. The van der Waals surface area contributed by atoms with Gasteiger partial charge in [0.2, 0.25) is 5.91 Å². The topological polar surface area (TPSA) is 75.3 Å². The average Bonchev–Trinajstić information content (AvgIpc) is 2.79. The largest absolute Gasteiger partial charge is 0.351 e. The van der Waals surface area contributed by atoms with Gasteiger partial charge in [0.25, 0.3) is 0 Å². The predicted octanol–water partition coefficient (Wildman–Crippen LogP) is 0.842. The fourth-order valence-corrected chi connectivity index (χ4v) is 3.90. The molecular formula is C13H17BrN2O3S. The van der Waals surface area contributed by atoms with Gasteiger partial charge in [-0.05, 0) is 30.7 Å². The number of amides is 1. The van der Waals surface area contributed by atoms with Crippen molar-refractivity contribution in [1.29, 1.82) is 0 Å². The maximum atomic E-state index is 12.0. The van der Waals surface area contributed by atoms with Gasteiger partial charge in [-0.15, -0.1) is 0 Å². The van der Waals surface area contributed by atoms with Gasteiger partial charge in [0.15, 0.2) is 9.84 Å². The number of hydrogen-bond acceptors (Lipinski definition) is 4. The lowest BCUT2D eigenvalue weighted by atomic mass is 10.2. The molecule has 0 aromatic heterocycles. The minimum atomic E-state index is -3.45. The van der Waals surface area contributed by atoms with Crippen LogP contribution >= 0.6 is 15.9 Å². The zero-order valence-electron chi connectivity index (χ0n) is 10.9. The van der Waals surface area contributed by atoms with E-state index in [1.165, 1.54) is 0 Å². The summed E-state index contributed by atoms with van der Waals surface area (Å²) in [6.45, 7) is 1.56. The molecule has 1 amide bonds. The van der Waals surface area contributed by atoms with E-state index < -0.39 is 21.5 Å². The van der Waals surface area contributed by atoms with E-state index in [9.17, 15) is 13.2 Å². The molecule has 1 aromatic rings. The van der Waals surface area contributed by atoms with Crippen molar-refractivity contribution in [3.05, 3.63) is 34.3 Å². The van der Waals surface area contributed by atoms with Crippen molar-refractivity contribution in [1.82, 2.24) is 10.6 Å². The number of carbonyl (C=O) groups is 1. The molecule has 110 valence electrons. The van der Waals surface area contributed by atoms with E-state index in [-0.39, 0.29) is 11.8 Å². The number of benzene rings is 1. The van der Waals surface area contributed by atoms with Crippen molar-refractivity contribution >= 4 is 31.7 Å². The van der Waals surface area contributed by atoms with E-state index in [2.05, 4.69) is 26.6 Å². The fraction of sp³-hybridized carbons (Fsp3) is 0.462. The van der Waals surface area contributed by atoms with Gasteiger partial charge in [0.1, 0.15) is 5.75 Å². The zero-order chi connectivity index (χ0) is 14.6. The Hall–Kier alpha value is -0.920. The van der Waals surface area contributed by atoms with Crippen LogP contribution in [0.1, 0.15) is 12.0 Å². The van der Waals surface area contributed by atoms with Crippen LogP contribution < -0.4 is 10.6 Å². The standard InChI is InChI=1S/C13H17BrN2O3S/c14-11-3-1-2-10(6-11)8-20(18,19)9-13(17)16-12-4-5-15-7-12/h1-3,6,12,15H,4-5,7-9H2,(H,16,17). The molecule has 5 nitrogen and oxygen atoms in total. The molecule has 0 spiro atoms. The molecule has 0 aliphatic carbocycles. The Labute approximate surface area is 127 Å². The highest BCUT2D eigenvalue weighted by atomic mass is 79.9. The lowest BCUT2D eigenvalue weighted by molar-refractivity contribution is -0.119. The third-order valence-corrected chi connectivity index (χ3v) is 5.02. The summed E-state index contributed by atoms with van der Waals surface area (Å²) < 4.78 is 24.8. The Bertz CT molecular complexity index is 583. The summed E-state index contributed by atoms with van der Waals surface area (Å²) in [5.41, 5.74) is 0.676. The molecule has 1 unspecified atom stereocenters. The second-order valence-corrected chi connectivity index (χ2v) is 7.90. The van der Waals surface area contributed by atoms with E-state index in [1.807, 2.05) is 6.07 Å². The van der Waals surface area contributed by atoms with Gasteiger partial charge in [-0.1, -0.05) is 28.1 Å². The van der Waals surface area contributed by atoms with Crippen LogP contribution in [0.3, 0.4) is 0 Å². The Morgan fingerprint density at radius 1 is 1.45 bits per heavy atom. The highest BCUT2D eigenvalue weighted by Gasteiger charge is 2.21. The van der Waals surface area contributed by atoms with Crippen LogP contribution in [0.4, 0.5) is 0 Å². The summed E-state index contributed by atoms with van der Waals surface area (Å²) >= 11 is 3.30. The quantitative estimate of drug-likeness (QED) is 0.815. The first-order chi connectivity index (χ1) is 9.44. The first-order valence-corrected chi connectivity index (χ1v) is 9.01. The Balaban J connectivity index is 1.91. The number of rotatable bonds is 5. The van der Waals surface area contributed by atoms with Gasteiger partial charge in [-0.2, -0.15) is 0 Å². The van der Waals surface area contributed by atoms with Crippen molar-refractivity contribution in [2.75, 3.05) is 18.8 Å². The summed E-state index contributed by atoms with van der Waals surface area (Å²) in [6.07, 6.45) is 0.845. The second kappa shape index (κ2) is 6.69. The number of sulfone groups is 1. The highest BCUT2D eigenvalue weighted by molar-refractivity contribution is 9.10. The van der Waals surface area contributed by atoms with E-state index in [0.717, 1.165) is 17.4 Å². The van der Waals surface area contributed by atoms with Gasteiger partial charge in [0, 0.05) is 17.1 Å². The van der Waals surface area contributed by atoms with E-state index >= 15 is 0 Å². The van der Waals surface area contributed by atoms with Crippen molar-refractivity contribution in [3.8, 4) is 0 Å². The lowest BCUT2D eigenvalue weighted by Gasteiger charge is -2.11. The zero-order valence-corrected chi connectivity index (χ0v) is 13.3. The van der Waals surface area contributed by atoms with Crippen LogP contribution in [0.5, 0.6) is 0 Å². The second-order valence-electron chi connectivity index (χ2n) is 4.92. The van der Waals surface area contributed by atoms with Crippen LogP contribution in [0.2, 0.25) is 0 Å². The summed E-state index contributed by atoms with van der Waals surface area (Å²) in [6, 6.07) is 7.13. The lowest BCUT2D eigenvalue weighted by Crippen LogP contribution is -2.39. The molecule has 0 radical (unpaired) electrons. The summed E-state index contributed by atoms with van der Waals surface area (Å²) in [5, 5.41) is 5.86. The number of carbonyl (C=O) groups excluding carboxylic acids is 1. The fourth-order valence-electron chi connectivity index (χ4n) is 2.18. The molecule has 0 saturated carbocycles. The molecule has 1 fully saturated rings. The van der Waals surface area contributed by atoms with E-state index in [1.54, 1.807) is 18.2 Å². The molecule has 1 saturated heterocycles. The molecule has 7 heteroatoms. The Morgan fingerprint density at radius 2 is 2.25 bits per heavy atom. The number of halogens is 1. The molecule has 1 aliphatic heterocycles. The molecule has 20 heavy (non-hydrogen) atoms. The first-order valence-electron chi connectivity index (χ1n) is 6.39. The average molecular weight is 361 g/mol. The first kappa shape index (κ1) is 15.5. The van der Waals surface area contributed by atoms with Gasteiger partial charge < -0.3 is 10.6 Å². The molecule has 1 atom stereocenters. The smallest absolute Gasteiger partial charge is 0.235 e. The van der Waals surface area contributed by atoms with Crippen LogP contribution in [-0.4, -0.2) is 39.2 Å². The monoisotopic (exact) mass is 360 g/mol. The normalized spacial score (nSPS) is 18.9. The molecule has 1 heterocycles. The van der Waals surface area contributed by atoms with E-state index in [0.29, 0.717) is 12.1 Å². The predicted molar refractivity (Wildman–Crippen MR) is 81.1 cm³/mol.